The van der Waals surface area contributed by atoms with Gasteiger partial charge in [-0.25, -0.2) is 18.7 Å². The number of fused-ring (bicyclic) bond motifs is 1. The van der Waals surface area contributed by atoms with Gasteiger partial charge in [-0.1, -0.05) is 11.8 Å². The van der Waals surface area contributed by atoms with Gasteiger partial charge in [0, 0.05) is 13.1 Å². The van der Waals surface area contributed by atoms with Gasteiger partial charge in [0.15, 0.2) is 11.4 Å². The standard InChI is InChI=1S/C15H12F2N4OS/c1-8(13(22)10-4-3-9(16)5-12(10)17)23-15-11-6-20-21(2)14(11)18-7-19-15/h3-8H,1-2H3. The largest absolute Gasteiger partial charge is 0.293 e. The summed E-state index contributed by atoms with van der Waals surface area (Å²) in [4.78, 5) is 20.7. The summed E-state index contributed by atoms with van der Waals surface area (Å²) >= 11 is 1.19. The summed E-state index contributed by atoms with van der Waals surface area (Å²) in [6.45, 7) is 1.65. The molecule has 0 aliphatic rings. The molecule has 0 spiro atoms. The van der Waals surface area contributed by atoms with Gasteiger partial charge in [0.2, 0.25) is 0 Å². The van der Waals surface area contributed by atoms with Gasteiger partial charge in [0.05, 0.1) is 22.4 Å². The van der Waals surface area contributed by atoms with E-state index in [4.69, 9.17) is 0 Å². The fourth-order valence-corrected chi connectivity index (χ4v) is 3.11. The fourth-order valence-electron chi connectivity index (χ4n) is 2.16. The Labute approximate surface area is 134 Å². The average molecular weight is 334 g/mol. The Morgan fingerprint density at radius 2 is 2.09 bits per heavy atom. The number of aromatic nitrogens is 4. The van der Waals surface area contributed by atoms with Gasteiger partial charge in [-0.15, -0.1) is 0 Å². The first-order valence-corrected chi connectivity index (χ1v) is 7.64. The number of hydrogen-bond donors (Lipinski definition) is 0. The maximum atomic E-state index is 13.7. The quantitative estimate of drug-likeness (QED) is 0.417. The number of aryl methyl sites for hydroxylation is 1. The highest BCUT2D eigenvalue weighted by molar-refractivity contribution is 8.00. The minimum Gasteiger partial charge on any atom is -0.293 e. The average Bonchev–Trinajstić information content (AvgIpc) is 2.89. The third-order valence-electron chi connectivity index (χ3n) is 3.35. The van der Waals surface area contributed by atoms with E-state index in [1.54, 1.807) is 24.9 Å². The zero-order valence-corrected chi connectivity index (χ0v) is 13.1. The predicted molar refractivity (Wildman–Crippen MR) is 82.3 cm³/mol. The van der Waals surface area contributed by atoms with E-state index >= 15 is 0 Å². The van der Waals surface area contributed by atoms with Gasteiger partial charge in [0.25, 0.3) is 0 Å². The number of nitrogens with zero attached hydrogens (tertiary/aromatic N) is 4. The molecule has 0 saturated heterocycles. The molecular weight excluding hydrogens is 322 g/mol. The zero-order valence-electron chi connectivity index (χ0n) is 12.3. The summed E-state index contributed by atoms with van der Waals surface area (Å²) in [5, 5.41) is 4.83. The lowest BCUT2D eigenvalue weighted by atomic mass is 10.1. The zero-order chi connectivity index (χ0) is 16.6. The van der Waals surface area contributed by atoms with Crippen molar-refractivity contribution < 1.29 is 13.6 Å². The van der Waals surface area contributed by atoms with Crippen LogP contribution < -0.4 is 0 Å². The molecule has 0 bridgehead atoms. The van der Waals surface area contributed by atoms with Crippen LogP contribution in [0.5, 0.6) is 0 Å². The maximum Gasteiger partial charge on any atom is 0.178 e. The number of hydrogen-bond acceptors (Lipinski definition) is 5. The molecular formula is C15H12F2N4OS. The van der Waals surface area contributed by atoms with E-state index in [1.165, 1.54) is 18.1 Å². The minimum absolute atomic E-state index is 0.136. The van der Waals surface area contributed by atoms with Crippen molar-refractivity contribution in [1.82, 2.24) is 19.7 Å². The van der Waals surface area contributed by atoms with Crippen LogP contribution in [0.3, 0.4) is 0 Å². The summed E-state index contributed by atoms with van der Waals surface area (Å²) in [7, 11) is 1.76. The second-order valence-corrected chi connectivity index (χ2v) is 6.26. The van der Waals surface area contributed by atoms with Crippen molar-refractivity contribution in [3.63, 3.8) is 0 Å². The molecule has 1 unspecified atom stereocenters. The number of rotatable bonds is 4. The van der Waals surface area contributed by atoms with E-state index in [1.807, 2.05) is 0 Å². The van der Waals surface area contributed by atoms with Crippen molar-refractivity contribution in [3.8, 4) is 0 Å². The molecule has 0 aliphatic heterocycles. The van der Waals surface area contributed by atoms with Crippen LogP contribution in [0.25, 0.3) is 11.0 Å². The van der Waals surface area contributed by atoms with E-state index in [0.29, 0.717) is 16.7 Å². The summed E-state index contributed by atoms with van der Waals surface area (Å²) in [5.74, 6) is -2.01. The number of carbonyl (C=O) groups excluding carboxylic acids is 1. The number of ketones is 1. The smallest absolute Gasteiger partial charge is 0.178 e. The number of thioether (sulfide) groups is 1. The Morgan fingerprint density at radius 1 is 1.30 bits per heavy atom. The monoisotopic (exact) mass is 334 g/mol. The predicted octanol–water partition coefficient (Wildman–Crippen LogP) is 3.01. The van der Waals surface area contributed by atoms with Gasteiger partial charge < -0.3 is 0 Å². The Kier molecular flexibility index (Phi) is 4.08. The first-order valence-electron chi connectivity index (χ1n) is 6.76. The van der Waals surface area contributed by atoms with E-state index < -0.39 is 22.7 Å². The minimum atomic E-state index is -0.864. The van der Waals surface area contributed by atoms with Crippen LogP contribution in [0.2, 0.25) is 0 Å². The van der Waals surface area contributed by atoms with Crippen molar-refractivity contribution in [1.29, 1.82) is 0 Å². The molecule has 8 heteroatoms. The molecule has 3 aromatic rings. The van der Waals surface area contributed by atoms with Crippen LogP contribution in [-0.4, -0.2) is 30.8 Å². The van der Waals surface area contributed by atoms with Crippen LogP contribution >= 0.6 is 11.8 Å². The maximum absolute atomic E-state index is 13.7. The first kappa shape index (κ1) is 15.5. The van der Waals surface area contributed by atoms with Gasteiger partial charge >= 0.3 is 0 Å². The molecule has 2 aromatic heterocycles. The number of benzene rings is 1. The van der Waals surface area contributed by atoms with E-state index in [2.05, 4.69) is 15.1 Å². The second kappa shape index (κ2) is 6.04. The molecule has 3 rings (SSSR count). The summed E-state index contributed by atoms with van der Waals surface area (Å²) in [6.07, 6.45) is 3.01. The van der Waals surface area contributed by atoms with Gasteiger partial charge in [0.1, 0.15) is 23.0 Å². The topological polar surface area (TPSA) is 60.7 Å². The lowest BCUT2D eigenvalue weighted by molar-refractivity contribution is 0.0990. The van der Waals surface area contributed by atoms with Crippen LogP contribution in [-0.2, 0) is 7.05 Å². The number of carbonyl (C=O) groups is 1. The van der Waals surface area contributed by atoms with Crippen molar-refractivity contribution in [2.24, 2.45) is 7.05 Å². The lowest BCUT2D eigenvalue weighted by Crippen LogP contribution is -2.15. The van der Waals surface area contributed by atoms with Crippen molar-refractivity contribution >= 4 is 28.6 Å². The molecule has 0 amide bonds. The lowest BCUT2D eigenvalue weighted by Gasteiger charge is -2.11. The molecule has 1 atom stereocenters. The van der Waals surface area contributed by atoms with E-state index in [9.17, 15) is 13.6 Å². The molecule has 118 valence electrons. The van der Waals surface area contributed by atoms with Crippen LogP contribution in [0.15, 0.2) is 35.7 Å². The third kappa shape index (κ3) is 2.94. The highest BCUT2D eigenvalue weighted by atomic mass is 32.2. The summed E-state index contributed by atoms with van der Waals surface area (Å²) in [6, 6.07) is 2.93. The summed E-state index contributed by atoms with van der Waals surface area (Å²) < 4.78 is 28.3. The van der Waals surface area contributed by atoms with E-state index in [0.717, 1.165) is 17.5 Å². The normalized spacial score (nSPS) is 12.5. The molecule has 0 saturated carbocycles. The van der Waals surface area contributed by atoms with Gasteiger partial charge in [-0.05, 0) is 19.1 Å². The van der Waals surface area contributed by atoms with Crippen molar-refractivity contribution in [2.45, 2.75) is 17.2 Å². The van der Waals surface area contributed by atoms with Crippen LogP contribution in [0.1, 0.15) is 17.3 Å². The van der Waals surface area contributed by atoms with E-state index in [-0.39, 0.29) is 5.56 Å². The van der Waals surface area contributed by atoms with Gasteiger partial charge in [-0.3, -0.25) is 9.48 Å². The molecule has 23 heavy (non-hydrogen) atoms. The van der Waals surface area contributed by atoms with Crippen molar-refractivity contribution in [3.05, 3.63) is 47.9 Å². The Hall–Kier alpha value is -2.35. The SMILES string of the molecule is CC(Sc1ncnc2c1cnn2C)C(=O)c1ccc(F)cc1F. The first-order chi connectivity index (χ1) is 11.0. The molecule has 0 radical (unpaired) electrons. The second-order valence-electron chi connectivity index (χ2n) is 4.93. The molecule has 0 aliphatic carbocycles. The Morgan fingerprint density at radius 3 is 2.83 bits per heavy atom. The Bertz CT molecular complexity index is 896. The molecule has 0 fully saturated rings. The Balaban J connectivity index is 1.88. The molecule has 0 N–H and O–H groups in total. The number of Topliss-reactive ketones (excluding diaryl/α,β-unsaturated/α-hetero) is 1. The van der Waals surface area contributed by atoms with Crippen LogP contribution in [0, 0.1) is 11.6 Å². The number of halogens is 2. The highest BCUT2D eigenvalue weighted by Crippen LogP contribution is 2.29. The van der Waals surface area contributed by atoms with Crippen LogP contribution in [0.4, 0.5) is 8.78 Å². The fraction of sp³-hybridized carbons (Fsp3) is 0.200. The third-order valence-corrected chi connectivity index (χ3v) is 4.46. The molecule has 2 heterocycles. The highest BCUT2D eigenvalue weighted by Gasteiger charge is 2.22. The molecule has 1 aromatic carbocycles. The molecule has 5 nitrogen and oxygen atoms in total. The van der Waals surface area contributed by atoms with Crippen molar-refractivity contribution in [2.75, 3.05) is 0 Å². The summed E-state index contributed by atoms with van der Waals surface area (Å²) in [5.41, 5.74) is 0.512. The van der Waals surface area contributed by atoms with Gasteiger partial charge in [-0.2, -0.15) is 5.10 Å².